The number of rotatable bonds is 15. The van der Waals surface area contributed by atoms with Gasteiger partial charge < -0.3 is 31.5 Å². The number of hydrogen-bond donors (Lipinski definition) is 5. The van der Waals surface area contributed by atoms with Crippen LogP contribution in [-0.2, 0) is 25.6 Å². The van der Waals surface area contributed by atoms with Crippen LogP contribution in [0, 0.1) is 0 Å². The number of ether oxygens (including phenoxy) is 2. The minimum Gasteiger partial charge on any atom is -0.386 e. The number of carbonyl (C=O) groups excluding carboxylic acids is 2. The molecule has 0 heterocycles. The van der Waals surface area contributed by atoms with Gasteiger partial charge in [0.05, 0.1) is 24.4 Å². The third kappa shape index (κ3) is 23.1. The lowest BCUT2D eigenvalue weighted by atomic mass is 10.0. The van der Waals surface area contributed by atoms with Crippen molar-refractivity contribution in [1.82, 2.24) is 5.32 Å². The molecule has 1 amide bonds. The molecule has 11 heteroatoms. The fourth-order valence-electron chi connectivity index (χ4n) is 2.88. The van der Waals surface area contributed by atoms with Gasteiger partial charge in [-0.05, 0) is 59.9 Å². The quantitative estimate of drug-likeness (QED) is 0.117. The number of carbonyl (C=O) groups is 2. The smallest absolute Gasteiger partial charge is 0.220 e. The van der Waals surface area contributed by atoms with E-state index in [1.807, 2.05) is 79.7 Å². The number of hydrogen-bond acceptors (Lipinski definition) is 8. The number of nitrogens with zero attached hydrogens (tertiary/aromatic N) is 2. The highest BCUT2D eigenvalue weighted by molar-refractivity contribution is 5.97. The number of nitrogens with two attached hydrogens (primary N) is 3. The van der Waals surface area contributed by atoms with Crippen LogP contribution in [0.2, 0.25) is 0 Å². The van der Waals surface area contributed by atoms with Crippen molar-refractivity contribution >= 4 is 23.4 Å². The summed E-state index contributed by atoms with van der Waals surface area (Å²) in [5.41, 5.74) is 12.2. The molecule has 0 spiro atoms. The Morgan fingerprint density at radius 2 is 1.32 bits per heavy atom. The summed E-state index contributed by atoms with van der Waals surface area (Å²) in [6.45, 7) is 20.5. The third-order valence-corrected chi connectivity index (χ3v) is 5.15. The van der Waals surface area contributed by atoms with E-state index in [0.29, 0.717) is 51.3 Å². The number of amides is 1. The van der Waals surface area contributed by atoms with Gasteiger partial charge >= 0.3 is 0 Å². The molecule has 0 saturated heterocycles. The van der Waals surface area contributed by atoms with Crippen LogP contribution < -0.4 is 22.7 Å². The van der Waals surface area contributed by atoms with Gasteiger partial charge in [0.2, 0.25) is 5.91 Å². The van der Waals surface area contributed by atoms with Crippen LogP contribution in [0.5, 0.6) is 0 Å². The van der Waals surface area contributed by atoms with Gasteiger partial charge in [-0.3, -0.25) is 9.59 Å². The molecule has 0 aliphatic rings. The SMILES string of the molecule is CC.CC.CC(=O)CCOC(C)(C)CCOC(C)(C)CCC(=O)NCc1ccc(/C(N)=N/N=C(/C)N)cc1.NO. The van der Waals surface area contributed by atoms with E-state index in [2.05, 4.69) is 21.4 Å². The Labute approximate surface area is 241 Å². The number of nitrogens with one attached hydrogen (secondary N) is 1. The van der Waals surface area contributed by atoms with Crippen molar-refractivity contribution in [1.29, 1.82) is 0 Å². The summed E-state index contributed by atoms with van der Waals surface area (Å²) in [6, 6.07) is 7.41. The average molecular weight is 569 g/mol. The van der Waals surface area contributed by atoms with Crippen molar-refractivity contribution in [2.75, 3.05) is 13.2 Å². The van der Waals surface area contributed by atoms with Crippen molar-refractivity contribution in [3.63, 3.8) is 0 Å². The average Bonchev–Trinajstić information content (AvgIpc) is 2.92. The van der Waals surface area contributed by atoms with E-state index in [9.17, 15) is 9.59 Å². The van der Waals surface area contributed by atoms with Crippen LogP contribution >= 0.6 is 0 Å². The number of amidine groups is 2. The molecule has 1 rings (SSSR count). The molecule has 40 heavy (non-hydrogen) atoms. The molecule has 0 radical (unpaired) electrons. The highest BCUT2D eigenvalue weighted by Gasteiger charge is 2.23. The molecule has 0 fully saturated rings. The normalized spacial score (nSPS) is 11.6. The van der Waals surface area contributed by atoms with Crippen LogP contribution in [0.15, 0.2) is 34.5 Å². The van der Waals surface area contributed by atoms with Gasteiger partial charge in [0, 0.05) is 24.9 Å². The van der Waals surface area contributed by atoms with Crippen LogP contribution in [0.25, 0.3) is 0 Å². The predicted molar refractivity (Wildman–Crippen MR) is 164 cm³/mol. The number of ketones is 1. The Kier molecular flexibility index (Phi) is 24.9. The third-order valence-electron chi connectivity index (χ3n) is 5.15. The van der Waals surface area contributed by atoms with Gasteiger partial charge in [-0.2, -0.15) is 0 Å². The second-order valence-corrected chi connectivity index (χ2v) is 9.62. The minimum atomic E-state index is -0.435. The van der Waals surface area contributed by atoms with Crippen LogP contribution in [0.3, 0.4) is 0 Å². The largest absolute Gasteiger partial charge is 0.386 e. The van der Waals surface area contributed by atoms with Gasteiger partial charge in [-0.15, -0.1) is 10.2 Å². The summed E-state index contributed by atoms with van der Waals surface area (Å²) in [5.74, 6) is 4.18. The van der Waals surface area contributed by atoms with Crippen molar-refractivity contribution in [2.24, 2.45) is 27.6 Å². The highest BCUT2D eigenvalue weighted by atomic mass is 16.5. The maximum atomic E-state index is 12.3. The summed E-state index contributed by atoms with van der Waals surface area (Å²) >= 11 is 0. The van der Waals surface area contributed by atoms with Crippen molar-refractivity contribution < 1.29 is 24.3 Å². The molecule has 8 N–H and O–H groups in total. The van der Waals surface area contributed by atoms with E-state index >= 15 is 0 Å². The van der Waals surface area contributed by atoms with Crippen molar-refractivity contribution in [3.8, 4) is 0 Å². The first kappa shape index (κ1) is 41.6. The molecular formula is C29H56N6O5. The fourth-order valence-corrected chi connectivity index (χ4v) is 2.88. The zero-order chi connectivity index (χ0) is 31.8. The van der Waals surface area contributed by atoms with Crippen LogP contribution in [-0.4, -0.2) is 53.0 Å². The molecule has 0 atom stereocenters. The Balaban J connectivity index is -0.00000213. The summed E-state index contributed by atoms with van der Waals surface area (Å²) in [4.78, 5) is 23.4. The summed E-state index contributed by atoms with van der Waals surface area (Å²) in [6.07, 6.45) is 2.07. The molecule has 0 saturated carbocycles. The first-order valence-corrected chi connectivity index (χ1v) is 13.8. The van der Waals surface area contributed by atoms with Crippen LogP contribution in [0.1, 0.15) is 106 Å². The van der Waals surface area contributed by atoms with Crippen molar-refractivity contribution in [3.05, 3.63) is 35.4 Å². The predicted octanol–water partition coefficient (Wildman–Crippen LogP) is 4.43. The molecule has 11 nitrogen and oxygen atoms in total. The lowest BCUT2D eigenvalue weighted by Crippen LogP contribution is -2.32. The lowest BCUT2D eigenvalue weighted by Gasteiger charge is -2.29. The van der Waals surface area contributed by atoms with Gasteiger partial charge in [0.25, 0.3) is 0 Å². The Hall–Kier alpha value is -2.86. The molecule has 0 aliphatic heterocycles. The van der Waals surface area contributed by atoms with E-state index in [1.54, 1.807) is 13.8 Å². The van der Waals surface area contributed by atoms with Gasteiger partial charge in [-0.1, -0.05) is 52.0 Å². The van der Waals surface area contributed by atoms with Gasteiger partial charge in [0.1, 0.15) is 11.6 Å². The standard InChI is InChI=1S/C25H41N5O4.2C2H6.H3NO/c1-18(31)12-15-33-25(5,6)14-16-34-24(3,4)13-11-22(32)28-17-20-7-9-21(10-8-20)23(27)30-29-19(2)26;3*1-2/h7-10H,11-17H2,1-6H3,(H2,26,29)(H2,27,30)(H,28,32);2*1-2H3;2H,1H2. The molecule has 232 valence electrons. The number of Topliss-reactive ketones (excluding diaryl/α,β-unsaturated/α-hetero) is 1. The van der Waals surface area contributed by atoms with Gasteiger partial charge in [0.15, 0.2) is 5.84 Å². The van der Waals surface area contributed by atoms with E-state index in [0.717, 1.165) is 11.1 Å². The molecule has 0 bridgehead atoms. The summed E-state index contributed by atoms with van der Waals surface area (Å²) in [7, 11) is 0. The lowest BCUT2D eigenvalue weighted by molar-refractivity contribution is -0.124. The first-order valence-electron chi connectivity index (χ1n) is 13.8. The maximum Gasteiger partial charge on any atom is 0.220 e. The van der Waals surface area contributed by atoms with E-state index in [1.165, 1.54) is 0 Å². The Morgan fingerprint density at radius 1 is 0.825 bits per heavy atom. The molecule has 1 aromatic carbocycles. The fraction of sp³-hybridized carbons (Fsp3) is 0.655. The molecule has 1 aromatic rings. The van der Waals surface area contributed by atoms with Crippen LogP contribution in [0.4, 0.5) is 0 Å². The highest BCUT2D eigenvalue weighted by Crippen LogP contribution is 2.21. The monoisotopic (exact) mass is 568 g/mol. The second kappa shape index (κ2) is 24.0. The molecule has 0 aliphatic carbocycles. The summed E-state index contributed by atoms with van der Waals surface area (Å²) in [5, 5.41) is 17.0. The van der Waals surface area contributed by atoms with Crippen molar-refractivity contribution in [2.45, 2.75) is 113 Å². The molecule has 0 aromatic heterocycles. The zero-order valence-corrected chi connectivity index (χ0v) is 26.5. The summed E-state index contributed by atoms with van der Waals surface area (Å²) < 4.78 is 11.8. The first-order chi connectivity index (χ1) is 18.8. The molecular weight excluding hydrogens is 512 g/mol. The van der Waals surface area contributed by atoms with E-state index in [4.69, 9.17) is 26.1 Å². The zero-order valence-electron chi connectivity index (χ0n) is 26.5. The van der Waals surface area contributed by atoms with E-state index in [-0.39, 0.29) is 23.1 Å². The topological polar surface area (TPSA) is 188 Å². The minimum absolute atomic E-state index is 0.0394. The Morgan fingerprint density at radius 3 is 1.82 bits per heavy atom. The maximum absolute atomic E-state index is 12.3. The van der Waals surface area contributed by atoms with E-state index < -0.39 is 5.60 Å². The molecule has 0 unspecified atom stereocenters. The second-order valence-electron chi connectivity index (χ2n) is 9.62. The number of benzene rings is 1. The Bertz CT molecular complexity index is 864. The van der Waals surface area contributed by atoms with Gasteiger partial charge in [-0.25, -0.2) is 5.90 Å².